The van der Waals surface area contributed by atoms with Crippen LogP contribution in [0.5, 0.6) is 0 Å². The third-order valence-corrected chi connectivity index (χ3v) is 7.21. The summed E-state index contributed by atoms with van der Waals surface area (Å²) in [4.78, 5) is 0. The molecule has 5 rings (SSSR count). The van der Waals surface area contributed by atoms with Crippen molar-refractivity contribution < 1.29 is 4.65 Å². The molecule has 0 bridgehead atoms. The Balaban J connectivity index is 1.80. The minimum atomic E-state index is -0.426. The van der Waals surface area contributed by atoms with Crippen LogP contribution in [0, 0.1) is 0 Å². The minimum absolute atomic E-state index is 0.285. The number of hydrogen-bond acceptors (Lipinski definition) is 2. The van der Waals surface area contributed by atoms with E-state index in [0.717, 1.165) is 11.2 Å². The molecule has 2 nitrogen and oxygen atoms in total. The van der Waals surface area contributed by atoms with Gasteiger partial charge in [0.1, 0.15) is 0 Å². The Morgan fingerprint density at radius 1 is 0.719 bits per heavy atom. The first-order valence-electron chi connectivity index (χ1n) is 11.0. The highest BCUT2D eigenvalue weighted by molar-refractivity contribution is 7.81. The molecule has 0 N–H and O–H groups in total. The molecular formula is C28H27BNOS. The second kappa shape index (κ2) is 7.72. The van der Waals surface area contributed by atoms with Crippen LogP contribution in [0.4, 0.5) is 0 Å². The van der Waals surface area contributed by atoms with Crippen LogP contribution in [0.1, 0.15) is 27.7 Å². The van der Waals surface area contributed by atoms with Crippen LogP contribution in [-0.2, 0) is 4.65 Å². The zero-order valence-corrected chi connectivity index (χ0v) is 19.9. The predicted octanol–water partition coefficient (Wildman–Crippen LogP) is 6.69. The van der Waals surface area contributed by atoms with E-state index in [9.17, 15) is 0 Å². The first-order chi connectivity index (χ1) is 15.3. The van der Waals surface area contributed by atoms with E-state index in [2.05, 4.69) is 117 Å². The molecule has 32 heavy (non-hydrogen) atoms. The molecule has 1 radical (unpaired) electrons. The van der Waals surface area contributed by atoms with E-state index in [1.807, 2.05) is 7.48 Å². The zero-order chi connectivity index (χ0) is 22.5. The summed E-state index contributed by atoms with van der Waals surface area (Å²) in [7, 11) is 1.91. The summed E-state index contributed by atoms with van der Waals surface area (Å²) < 4.78 is 8.42. The smallest absolute Gasteiger partial charge is 0.331 e. The van der Waals surface area contributed by atoms with Crippen molar-refractivity contribution in [2.75, 3.05) is 0 Å². The number of fused-ring (bicyclic) bond motifs is 5. The Morgan fingerprint density at radius 3 is 2.00 bits per heavy atom. The average molecular weight is 436 g/mol. The fraction of sp³-hybridized carbons (Fsp3) is 0.214. The molecule has 5 aromatic rings. The Bertz CT molecular complexity index is 1430. The third-order valence-electron chi connectivity index (χ3n) is 6.68. The van der Waals surface area contributed by atoms with Crippen LogP contribution >= 0.6 is 12.6 Å². The molecule has 0 aliphatic heterocycles. The van der Waals surface area contributed by atoms with Crippen molar-refractivity contribution >= 4 is 58.2 Å². The van der Waals surface area contributed by atoms with Gasteiger partial charge in [-0.25, -0.2) is 0 Å². The highest BCUT2D eigenvalue weighted by atomic mass is 32.1. The molecular weight excluding hydrogens is 409 g/mol. The van der Waals surface area contributed by atoms with E-state index >= 15 is 0 Å². The fourth-order valence-corrected chi connectivity index (χ4v) is 4.20. The van der Waals surface area contributed by atoms with Crippen molar-refractivity contribution in [3.05, 3.63) is 84.9 Å². The molecule has 0 fully saturated rings. The van der Waals surface area contributed by atoms with E-state index in [4.69, 9.17) is 17.3 Å². The van der Waals surface area contributed by atoms with Gasteiger partial charge in [0.15, 0.2) is 0 Å². The van der Waals surface area contributed by atoms with E-state index in [1.54, 1.807) is 0 Å². The molecule has 0 amide bonds. The molecule has 0 spiro atoms. The lowest BCUT2D eigenvalue weighted by atomic mass is 9.80. The number of para-hydroxylation sites is 2. The molecule has 0 atom stereocenters. The van der Waals surface area contributed by atoms with Gasteiger partial charge in [-0.3, -0.25) is 0 Å². The summed E-state index contributed by atoms with van der Waals surface area (Å²) in [5, 5.41) is 4.84. The number of rotatable bonds is 5. The van der Waals surface area contributed by atoms with Gasteiger partial charge in [-0.2, -0.15) is 12.6 Å². The maximum absolute atomic E-state index is 6.33. The summed E-state index contributed by atoms with van der Waals surface area (Å²) in [5.41, 5.74) is 4.24. The van der Waals surface area contributed by atoms with Gasteiger partial charge in [0.2, 0.25) is 0 Å². The fourth-order valence-electron chi connectivity index (χ4n) is 4.15. The van der Waals surface area contributed by atoms with Gasteiger partial charge < -0.3 is 9.22 Å². The average Bonchev–Trinajstić information content (AvgIpc) is 3.12. The van der Waals surface area contributed by atoms with E-state index in [0.29, 0.717) is 0 Å². The summed E-state index contributed by atoms with van der Waals surface area (Å²) in [5.74, 6) is 0. The zero-order valence-electron chi connectivity index (χ0n) is 19.0. The Hall–Kier alpha value is -2.69. The van der Waals surface area contributed by atoms with Gasteiger partial charge in [0.05, 0.1) is 16.6 Å². The van der Waals surface area contributed by atoms with Crippen molar-refractivity contribution in [2.45, 2.75) is 38.0 Å². The van der Waals surface area contributed by atoms with Gasteiger partial charge in [-0.1, -0.05) is 66.7 Å². The van der Waals surface area contributed by atoms with Gasteiger partial charge in [0.25, 0.3) is 0 Å². The van der Waals surface area contributed by atoms with Crippen molar-refractivity contribution in [1.29, 1.82) is 0 Å². The minimum Gasteiger partial charge on any atom is -0.428 e. The maximum Gasteiger partial charge on any atom is 0.331 e. The molecule has 0 aliphatic rings. The van der Waals surface area contributed by atoms with Crippen molar-refractivity contribution in [1.82, 2.24) is 4.57 Å². The predicted molar refractivity (Wildman–Crippen MR) is 142 cm³/mol. The maximum atomic E-state index is 6.33. The van der Waals surface area contributed by atoms with E-state index in [1.165, 1.54) is 32.6 Å². The molecule has 4 heteroatoms. The van der Waals surface area contributed by atoms with Gasteiger partial charge in [0, 0.05) is 26.6 Å². The standard InChI is InChI=1S/C28H27BNOS/c1-27(2,28(3,4)32)31-29-24-18-23-21-15-10-11-17-25(21)30(19-12-6-5-7-13-19)26(23)22-16-9-8-14-20(22)24/h5-18,32H,1-4H3. The number of hydrogen-bond donors (Lipinski definition) is 1. The molecule has 4 aromatic carbocycles. The molecule has 1 heterocycles. The van der Waals surface area contributed by atoms with E-state index < -0.39 is 5.60 Å². The molecule has 0 saturated carbocycles. The van der Waals surface area contributed by atoms with Crippen LogP contribution in [0.2, 0.25) is 0 Å². The first kappa shape index (κ1) is 21.2. The lowest BCUT2D eigenvalue weighted by molar-refractivity contribution is 0.0855. The SMILES string of the molecule is CC(C)(S)C(C)(C)O[B]c1cc2c3ccccc3n(-c3ccccc3)c2c2ccccc12. The lowest BCUT2D eigenvalue weighted by Gasteiger charge is -2.38. The van der Waals surface area contributed by atoms with Gasteiger partial charge >= 0.3 is 7.48 Å². The highest BCUT2D eigenvalue weighted by Crippen LogP contribution is 2.36. The normalized spacial score (nSPS) is 12.7. The van der Waals surface area contributed by atoms with Crippen molar-refractivity contribution in [3.63, 3.8) is 0 Å². The number of thiol groups is 1. The van der Waals surface area contributed by atoms with Gasteiger partial charge in [-0.15, -0.1) is 0 Å². The molecule has 0 saturated heterocycles. The summed E-state index contributed by atoms with van der Waals surface area (Å²) in [6, 6.07) is 30.1. The number of benzene rings is 4. The quantitative estimate of drug-likeness (QED) is 0.240. The Morgan fingerprint density at radius 2 is 1.31 bits per heavy atom. The highest BCUT2D eigenvalue weighted by Gasteiger charge is 2.34. The summed E-state index contributed by atoms with van der Waals surface area (Å²) in [6.45, 7) is 8.33. The largest absolute Gasteiger partial charge is 0.428 e. The van der Waals surface area contributed by atoms with Crippen LogP contribution in [0.3, 0.4) is 0 Å². The first-order valence-corrected chi connectivity index (χ1v) is 11.5. The van der Waals surface area contributed by atoms with Crippen LogP contribution in [0.25, 0.3) is 38.3 Å². The molecule has 1 aromatic heterocycles. The Kier molecular flexibility index (Phi) is 5.11. The molecule has 0 aliphatic carbocycles. The second-order valence-corrected chi connectivity index (χ2v) is 10.5. The van der Waals surface area contributed by atoms with Crippen molar-refractivity contribution in [2.24, 2.45) is 0 Å². The second-order valence-electron chi connectivity index (χ2n) is 9.40. The van der Waals surface area contributed by atoms with Crippen LogP contribution in [-0.4, -0.2) is 22.4 Å². The van der Waals surface area contributed by atoms with E-state index in [-0.39, 0.29) is 4.75 Å². The summed E-state index contributed by atoms with van der Waals surface area (Å²) in [6.07, 6.45) is 0. The third kappa shape index (κ3) is 3.42. The lowest BCUT2D eigenvalue weighted by Crippen LogP contribution is -2.45. The topological polar surface area (TPSA) is 14.2 Å². The molecule has 0 unspecified atom stereocenters. The summed E-state index contributed by atoms with van der Waals surface area (Å²) >= 11 is 4.76. The number of nitrogens with zero attached hydrogens (tertiary/aromatic N) is 1. The number of aromatic nitrogens is 1. The van der Waals surface area contributed by atoms with Crippen molar-refractivity contribution in [3.8, 4) is 5.69 Å². The Labute approximate surface area is 195 Å². The van der Waals surface area contributed by atoms with Gasteiger partial charge in [-0.05, 0) is 56.7 Å². The monoisotopic (exact) mass is 436 g/mol. The molecule has 159 valence electrons. The van der Waals surface area contributed by atoms with Crippen LogP contribution < -0.4 is 5.46 Å². The van der Waals surface area contributed by atoms with Crippen LogP contribution in [0.15, 0.2) is 84.9 Å².